The summed E-state index contributed by atoms with van der Waals surface area (Å²) in [6.07, 6.45) is 0. The average Bonchev–Trinajstić information content (AvgIpc) is 1.64. The molecule has 0 amide bonds. The highest BCUT2D eigenvalue weighted by atomic mass is 79.9. The Morgan fingerprint density at radius 2 is 2.00 bits per heavy atom. The summed E-state index contributed by atoms with van der Waals surface area (Å²) in [6, 6.07) is 0. The van der Waals surface area contributed by atoms with Gasteiger partial charge in [0, 0.05) is 0 Å². The summed E-state index contributed by atoms with van der Waals surface area (Å²) >= 11 is 3.17. The molecule has 0 aromatic carbocycles. The fourth-order valence-corrected chi connectivity index (χ4v) is 0.417. The summed E-state index contributed by atoms with van der Waals surface area (Å²) in [5.41, 5.74) is 0. The molecule has 3 heteroatoms. The molecular weight excluding hydrogens is 196 g/mol. The van der Waals surface area contributed by atoms with Crippen LogP contribution in [0.15, 0.2) is 0 Å². The van der Waals surface area contributed by atoms with Gasteiger partial charge in [-0.15, -0.1) is 0 Å². The Hall–Kier alpha value is -0.0500. The fraction of sp³-hybridized carbons (Fsp3) is 0.857. The van der Waals surface area contributed by atoms with Gasteiger partial charge in [0.05, 0.1) is 6.61 Å². The lowest BCUT2D eigenvalue weighted by Crippen LogP contribution is -2.26. The molecule has 0 unspecified atom stereocenters. The van der Waals surface area contributed by atoms with Gasteiger partial charge < -0.3 is 4.74 Å². The van der Waals surface area contributed by atoms with E-state index in [2.05, 4.69) is 15.9 Å². The molecule has 0 aromatic heterocycles. The number of hydrogen-bond acceptors (Lipinski definition) is 2. The molecular formula is C7H15BrO2. The summed E-state index contributed by atoms with van der Waals surface area (Å²) in [5.74, 6) is -0.218. The molecule has 0 aliphatic rings. The molecule has 0 spiro atoms. The Kier molecular flexibility index (Phi) is 5.95. The van der Waals surface area contributed by atoms with E-state index in [-0.39, 0.29) is 13.4 Å². The van der Waals surface area contributed by atoms with Crippen molar-refractivity contribution in [3.05, 3.63) is 0 Å². The number of ether oxygens (including phenoxy) is 1. The van der Waals surface area contributed by atoms with Crippen LogP contribution in [-0.2, 0) is 9.53 Å². The Morgan fingerprint density at radius 1 is 1.60 bits per heavy atom. The van der Waals surface area contributed by atoms with Crippen molar-refractivity contribution in [3.63, 3.8) is 0 Å². The van der Waals surface area contributed by atoms with Crippen LogP contribution < -0.4 is 0 Å². The number of rotatable bonds is 2. The molecule has 0 aliphatic carbocycles. The SMILES string of the molecule is C.CCOC(=O)C(C)(C)Br. The molecule has 0 rings (SSSR count). The lowest BCUT2D eigenvalue weighted by Gasteiger charge is -2.12. The summed E-state index contributed by atoms with van der Waals surface area (Å²) < 4.78 is 4.18. The highest BCUT2D eigenvalue weighted by Crippen LogP contribution is 2.16. The van der Waals surface area contributed by atoms with Crippen LogP contribution in [-0.4, -0.2) is 16.9 Å². The van der Waals surface area contributed by atoms with Crippen LogP contribution in [0, 0.1) is 0 Å². The maximum atomic E-state index is 10.8. The topological polar surface area (TPSA) is 26.3 Å². The van der Waals surface area contributed by atoms with E-state index in [1.807, 2.05) is 0 Å². The van der Waals surface area contributed by atoms with Gasteiger partial charge in [-0.05, 0) is 20.8 Å². The van der Waals surface area contributed by atoms with E-state index < -0.39 is 4.32 Å². The van der Waals surface area contributed by atoms with E-state index in [1.165, 1.54) is 0 Å². The number of carbonyl (C=O) groups is 1. The summed E-state index contributed by atoms with van der Waals surface area (Å²) in [5, 5.41) is 0. The lowest BCUT2D eigenvalue weighted by molar-refractivity contribution is -0.144. The normalized spacial score (nSPS) is 10.0. The first-order valence-electron chi connectivity index (χ1n) is 2.84. The molecule has 62 valence electrons. The Morgan fingerprint density at radius 3 is 2.10 bits per heavy atom. The van der Waals surface area contributed by atoms with Crippen LogP contribution in [0.3, 0.4) is 0 Å². The van der Waals surface area contributed by atoms with Gasteiger partial charge >= 0.3 is 5.97 Å². The molecule has 0 aromatic rings. The largest absolute Gasteiger partial charge is 0.465 e. The van der Waals surface area contributed by atoms with E-state index in [9.17, 15) is 4.79 Å². The maximum absolute atomic E-state index is 10.8. The zero-order valence-corrected chi connectivity index (χ0v) is 7.49. The summed E-state index contributed by atoms with van der Waals surface area (Å²) in [4.78, 5) is 10.8. The van der Waals surface area contributed by atoms with Gasteiger partial charge in [-0.3, -0.25) is 4.79 Å². The number of carbonyl (C=O) groups excluding carboxylic acids is 1. The minimum Gasteiger partial charge on any atom is -0.465 e. The predicted molar refractivity (Wildman–Crippen MR) is 46.4 cm³/mol. The third kappa shape index (κ3) is 4.79. The van der Waals surface area contributed by atoms with Gasteiger partial charge in [-0.1, -0.05) is 23.4 Å². The molecule has 10 heavy (non-hydrogen) atoms. The minimum atomic E-state index is -0.539. The summed E-state index contributed by atoms with van der Waals surface area (Å²) in [7, 11) is 0. The van der Waals surface area contributed by atoms with Crippen LogP contribution in [0.2, 0.25) is 0 Å². The molecule has 0 heterocycles. The van der Waals surface area contributed by atoms with Crippen molar-refractivity contribution in [1.29, 1.82) is 0 Å². The van der Waals surface area contributed by atoms with Crippen molar-refractivity contribution in [2.45, 2.75) is 32.5 Å². The Bertz CT molecular complexity index is 105. The minimum absolute atomic E-state index is 0. The Labute approximate surface area is 71.1 Å². The van der Waals surface area contributed by atoms with Crippen LogP contribution in [0.25, 0.3) is 0 Å². The van der Waals surface area contributed by atoms with Crippen LogP contribution in [0.1, 0.15) is 28.2 Å². The highest BCUT2D eigenvalue weighted by molar-refractivity contribution is 9.10. The van der Waals surface area contributed by atoms with Crippen LogP contribution in [0.4, 0.5) is 0 Å². The molecule has 0 atom stereocenters. The van der Waals surface area contributed by atoms with E-state index in [1.54, 1.807) is 20.8 Å². The quantitative estimate of drug-likeness (QED) is 0.517. The van der Waals surface area contributed by atoms with Crippen molar-refractivity contribution in [2.75, 3.05) is 6.61 Å². The maximum Gasteiger partial charge on any atom is 0.322 e. The second-order valence-electron chi connectivity index (χ2n) is 2.19. The average molecular weight is 211 g/mol. The van der Waals surface area contributed by atoms with Gasteiger partial charge in [0.15, 0.2) is 0 Å². The second kappa shape index (κ2) is 4.72. The fourth-order valence-electron chi connectivity index (χ4n) is 0.303. The van der Waals surface area contributed by atoms with Crippen molar-refractivity contribution in [1.82, 2.24) is 0 Å². The van der Waals surface area contributed by atoms with E-state index in [4.69, 9.17) is 4.74 Å². The first-order valence-corrected chi connectivity index (χ1v) is 3.64. The molecule has 0 N–H and O–H groups in total. The number of halogens is 1. The van der Waals surface area contributed by atoms with Crippen molar-refractivity contribution in [2.24, 2.45) is 0 Å². The molecule has 2 nitrogen and oxygen atoms in total. The third-order valence-electron chi connectivity index (χ3n) is 0.761. The number of alkyl halides is 1. The van der Waals surface area contributed by atoms with E-state index >= 15 is 0 Å². The van der Waals surface area contributed by atoms with E-state index in [0.717, 1.165) is 0 Å². The van der Waals surface area contributed by atoms with Crippen molar-refractivity contribution < 1.29 is 9.53 Å². The smallest absolute Gasteiger partial charge is 0.322 e. The molecule has 0 fully saturated rings. The van der Waals surface area contributed by atoms with Crippen molar-refractivity contribution in [3.8, 4) is 0 Å². The van der Waals surface area contributed by atoms with Crippen LogP contribution >= 0.6 is 15.9 Å². The molecule has 0 saturated heterocycles. The van der Waals surface area contributed by atoms with Gasteiger partial charge in [-0.2, -0.15) is 0 Å². The summed E-state index contributed by atoms with van der Waals surface area (Å²) in [6.45, 7) is 5.74. The van der Waals surface area contributed by atoms with Crippen LogP contribution in [0.5, 0.6) is 0 Å². The lowest BCUT2D eigenvalue weighted by atomic mass is 10.2. The third-order valence-corrected chi connectivity index (χ3v) is 1.08. The molecule has 0 saturated carbocycles. The zero-order chi connectivity index (χ0) is 7.49. The van der Waals surface area contributed by atoms with E-state index in [0.29, 0.717) is 6.61 Å². The first-order chi connectivity index (χ1) is 3.98. The van der Waals surface area contributed by atoms with Gasteiger partial charge in [0.1, 0.15) is 4.32 Å². The molecule has 0 aliphatic heterocycles. The van der Waals surface area contributed by atoms with Gasteiger partial charge in [0.2, 0.25) is 0 Å². The highest BCUT2D eigenvalue weighted by Gasteiger charge is 2.24. The predicted octanol–water partition coefficient (Wildman–Crippen LogP) is 2.36. The first kappa shape index (κ1) is 12.6. The van der Waals surface area contributed by atoms with Gasteiger partial charge in [0.25, 0.3) is 0 Å². The molecule has 0 bridgehead atoms. The van der Waals surface area contributed by atoms with Gasteiger partial charge in [-0.25, -0.2) is 0 Å². The standard InChI is InChI=1S/C6H11BrO2.CH4/c1-4-9-5(8)6(2,3)7;/h4H2,1-3H3;1H4. The zero-order valence-electron chi connectivity index (χ0n) is 5.90. The second-order valence-corrected chi connectivity index (χ2v) is 4.18. The molecule has 0 radical (unpaired) electrons. The van der Waals surface area contributed by atoms with Crippen molar-refractivity contribution >= 4 is 21.9 Å². The monoisotopic (exact) mass is 210 g/mol. The Balaban J connectivity index is 0. The number of hydrogen-bond donors (Lipinski definition) is 0. The number of esters is 1.